The summed E-state index contributed by atoms with van der Waals surface area (Å²) in [6.07, 6.45) is 1.16. The third kappa shape index (κ3) is 10.7. The molecule has 5 heteroatoms. The van der Waals surface area contributed by atoms with Crippen LogP contribution in [-0.2, 0) is 11.2 Å². The SMILES string of the molecule is CN.CNC=S.O=CCc1ccc(F)cc1. The Hall–Kier alpha value is -1.33. The summed E-state index contributed by atoms with van der Waals surface area (Å²) in [4.78, 5) is 9.97. The van der Waals surface area contributed by atoms with Crippen molar-refractivity contribution in [2.45, 2.75) is 6.42 Å². The number of benzene rings is 1. The van der Waals surface area contributed by atoms with Gasteiger partial charge < -0.3 is 15.8 Å². The van der Waals surface area contributed by atoms with Crippen molar-refractivity contribution in [3.8, 4) is 0 Å². The van der Waals surface area contributed by atoms with Crippen molar-refractivity contribution in [3.63, 3.8) is 0 Å². The number of nitrogens with two attached hydrogens (primary N) is 1. The third-order valence-electron chi connectivity index (χ3n) is 1.35. The lowest BCUT2D eigenvalue weighted by Crippen LogP contribution is -1.95. The van der Waals surface area contributed by atoms with Crippen molar-refractivity contribution in [1.29, 1.82) is 0 Å². The summed E-state index contributed by atoms with van der Waals surface area (Å²) in [5, 5.41) is 2.62. The molecule has 0 aliphatic rings. The minimum absolute atomic E-state index is 0.269. The molecular weight excluding hydrogens is 227 g/mol. The molecule has 0 fully saturated rings. The van der Waals surface area contributed by atoms with Gasteiger partial charge in [0, 0.05) is 13.5 Å². The normalized spacial score (nSPS) is 7.50. The van der Waals surface area contributed by atoms with Gasteiger partial charge in [-0.3, -0.25) is 0 Å². The number of hydrogen-bond acceptors (Lipinski definition) is 3. The van der Waals surface area contributed by atoms with Crippen LogP contribution in [0, 0.1) is 5.82 Å². The van der Waals surface area contributed by atoms with Gasteiger partial charge in [0.1, 0.15) is 12.1 Å². The minimum atomic E-state index is -0.269. The molecule has 0 radical (unpaired) electrons. The first kappa shape index (κ1) is 17.1. The van der Waals surface area contributed by atoms with Crippen LogP contribution in [0.5, 0.6) is 0 Å². The van der Waals surface area contributed by atoms with Gasteiger partial charge in [-0.15, -0.1) is 0 Å². The average Bonchev–Trinajstić information content (AvgIpc) is 2.35. The number of carbonyl (C=O) groups excluding carboxylic acids is 1. The molecule has 0 amide bonds. The molecular formula is C11H17FN2OS. The Balaban J connectivity index is 0. The zero-order chi connectivity index (χ0) is 12.8. The zero-order valence-electron chi connectivity index (χ0n) is 9.44. The number of thiocarbonyl (C=S) groups is 1. The second-order valence-corrected chi connectivity index (χ2v) is 2.64. The Morgan fingerprint density at radius 1 is 1.38 bits per heavy atom. The van der Waals surface area contributed by atoms with E-state index < -0.39 is 0 Å². The molecule has 1 rings (SSSR count). The first-order valence-electron chi connectivity index (χ1n) is 4.61. The second-order valence-electron chi connectivity index (χ2n) is 2.40. The Labute approximate surface area is 101 Å². The van der Waals surface area contributed by atoms with E-state index in [0.717, 1.165) is 11.8 Å². The fourth-order valence-corrected chi connectivity index (χ4v) is 0.717. The predicted octanol–water partition coefficient (Wildman–Crippen LogP) is 1.30. The molecule has 0 aliphatic heterocycles. The maximum atomic E-state index is 12.2. The molecule has 0 saturated carbocycles. The molecule has 0 aromatic heterocycles. The Morgan fingerprint density at radius 3 is 2.12 bits per heavy atom. The highest BCUT2D eigenvalue weighted by molar-refractivity contribution is 7.78. The van der Waals surface area contributed by atoms with E-state index >= 15 is 0 Å². The molecule has 0 saturated heterocycles. The van der Waals surface area contributed by atoms with E-state index in [-0.39, 0.29) is 5.82 Å². The van der Waals surface area contributed by atoms with Crippen LogP contribution < -0.4 is 11.1 Å². The van der Waals surface area contributed by atoms with Gasteiger partial charge in [-0.05, 0) is 24.7 Å². The largest absolute Gasteiger partial charge is 0.385 e. The van der Waals surface area contributed by atoms with Crippen LogP contribution in [0.2, 0.25) is 0 Å². The fraction of sp³-hybridized carbons (Fsp3) is 0.273. The van der Waals surface area contributed by atoms with Crippen LogP contribution in [0.15, 0.2) is 24.3 Å². The van der Waals surface area contributed by atoms with Crippen molar-refractivity contribution in [3.05, 3.63) is 35.6 Å². The first-order chi connectivity index (χ1) is 7.74. The van der Waals surface area contributed by atoms with Gasteiger partial charge in [-0.1, -0.05) is 24.4 Å². The van der Waals surface area contributed by atoms with Crippen molar-refractivity contribution in [2.24, 2.45) is 5.73 Å². The number of hydrogen-bond donors (Lipinski definition) is 2. The smallest absolute Gasteiger partial charge is 0.124 e. The quantitative estimate of drug-likeness (QED) is 0.621. The molecule has 1 aromatic rings. The lowest BCUT2D eigenvalue weighted by molar-refractivity contribution is -0.107. The van der Waals surface area contributed by atoms with E-state index in [0.29, 0.717) is 6.42 Å². The van der Waals surface area contributed by atoms with Crippen LogP contribution in [0.1, 0.15) is 5.56 Å². The Morgan fingerprint density at radius 2 is 1.81 bits per heavy atom. The van der Waals surface area contributed by atoms with E-state index in [1.807, 2.05) is 0 Å². The zero-order valence-corrected chi connectivity index (χ0v) is 10.3. The average molecular weight is 244 g/mol. The van der Waals surface area contributed by atoms with E-state index in [4.69, 9.17) is 0 Å². The number of nitrogens with one attached hydrogen (secondary N) is 1. The maximum Gasteiger partial charge on any atom is 0.124 e. The molecule has 0 unspecified atom stereocenters. The third-order valence-corrected chi connectivity index (χ3v) is 1.59. The summed E-state index contributed by atoms with van der Waals surface area (Å²) in [6, 6.07) is 5.89. The molecule has 3 nitrogen and oxygen atoms in total. The summed E-state index contributed by atoms with van der Waals surface area (Å²) in [5.74, 6) is -0.269. The summed E-state index contributed by atoms with van der Waals surface area (Å²) in [7, 11) is 3.27. The highest BCUT2D eigenvalue weighted by Gasteiger charge is 1.90. The maximum absolute atomic E-state index is 12.2. The molecule has 3 N–H and O–H groups in total. The second kappa shape index (κ2) is 13.7. The molecule has 0 bridgehead atoms. The van der Waals surface area contributed by atoms with Crippen molar-refractivity contribution < 1.29 is 9.18 Å². The highest BCUT2D eigenvalue weighted by atomic mass is 32.1. The van der Waals surface area contributed by atoms with Crippen molar-refractivity contribution in [2.75, 3.05) is 14.1 Å². The molecule has 90 valence electrons. The minimum Gasteiger partial charge on any atom is -0.385 e. The lowest BCUT2D eigenvalue weighted by atomic mass is 10.2. The monoisotopic (exact) mass is 244 g/mol. The van der Waals surface area contributed by atoms with E-state index in [1.165, 1.54) is 24.7 Å². The van der Waals surface area contributed by atoms with Gasteiger partial charge in [-0.2, -0.15) is 0 Å². The van der Waals surface area contributed by atoms with Crippen molar-refractivity contribution >= 4 is 24.0 Å². The van der Waals surface area contributed by atoms with Crippen LogP contribution in [0.25, 0.3) is 0 Å². The van der Waals surface area contributed by atoms with E-state index in [9.17, 15) is 9.18 Å². The summed E-state index contributed by atoms with van der Waals surface area (Å²) in [5.41, 5.74) is 6.80. The molecule has 0 aliphatic carbocycles. The Kier molecular flexibility index (Phi) is 14.6. The van der Waals surface area contributed by atoms with E-state index in [2.05, 4.69) is 23.3 Å². The van der Waals surface area contributed by atoms with Gasteiger partial charge in [0.15, 0.2) is 0 Å². The van der Waals surface area contributed by atoms with Crippen LogP contribution in [0.4, 0.5) is 4.39 Å². The lowest BCUT2D eigenvalue weighted by Gasteiger charge is -1.91. The number of carbonyl (C=O) groups is 1. The first-order valence-corrected chi connectivity index (χ1v) is 5.08. The molecule has 0 spiro atoms. The van der Waals surface area contributed by atoms with Gasteiger partial charge in [0.25, 0.3) is 0 Å². The van der Waals surface area contributed by atoms with E-state index in [1.54, 1.807) is 19.2 Å². The van der Waals surface area contributed by atoms with Crippen LogP contribution in [-0.4, -0.2) is 25.9 Å². The molecule has 1 aromatic carbocycles. The number of aldehydes is 1. The predicted molar refractivity (Wildman–Crippen MR) is 69.0 cm³/mol. The van der Waals surface area contributed by atoms with Gasteiger partial charge in [0.05, 0.1) is 5.49 Å². The highest BCUT2D eigenvalue weighted by Crippen LogP contribution is 2.01. The molecule has 16 heavy (non-hydrogen) atoms. The molecule has 0 heterocycles. The molecule has 0 atom stereocenters. The number of halogens is 1. The summed E-state index contributed by atoms with van der Waals surface area (Å²) < 4.78 is 12.2. The standard InChI is InChI=1S/C8H7FO.C2H5NS.CH5N/c9-8-3-1-7(2-4-8)5-6-10;1-3-2-4;1-2/h1-4,6H,5H2;2H,1H3,(H,3,4);2H2,1H3. The van der Waals surface area contributed by atoms with Gasteiger partial charge in [0.2, 0.25) is 0 Å². The van der Waals surface area contributed by atoms with Gasteiger partial charge in [-0.25, -0.2) is 4.39 Å². The fourth-order valence-electron chi connectivity index (χ4n) is 0.717. The topological polar surface area (TPSA) is 55.1 Å². The number of rotatable bonds is 3. The van der Waals surface area contributed by atoms with Gasteiger partial charge >= 0.3 is 0 Å². The summed E-state index contributed by atoms with van der Waals surface area (Å²) >= 11 is 4.32. The van der Waals surface area contributed by atoms with Crippen molar-refractivity contribution in [1.82, 2.24) is 5.32 Å². The van der Waals surface area contributed by atoms with Crippen LogP contribution in [0.3, 0.4) is 0 Å². The summed E-state index contributed by atoms with van der Waals surface area (Å²) in [6.45, 7) is 0. The van der Waals surface area contributed by atoms with Crippen LogP contribution >= 0.6 is 12.2 Å². The Bertz CT molecular complexity index is 278.